The van der Waals surface area contributed by atoms with Gasteiger partial charge in [0, 0.05) is 38.9 Å². The van der Waals surface area contributed by atoms with Crippen molar-refractivity contribution in [2.24, 2.45) is 0 Å². The lowest BCUT2D eigenvalue weighted by molar-refractivity contribution is 0.0621. The van der Waals surface area contributed by atoms with Crippen molar-refractivity contribution in [3.63, 3.8) is 0 Å². The van der Waals surface area contributed by atoms with Crippen LogP contribution in [0.2, 0.25) is 0 Å². The third-order valence-corrected chi connectivity index (χ3v) is 5.66. The zero-order valence-electron chi connectivity index (χ0n) is 16.7. The van der Waals surface area contributed by atoms with Crippen molar-refractivity contribution in [2.75, 3.05) is 33.0 Å². The van der Waals surface area contributed by atoms with Gasteiger partial charge in [-0.2, -0.15) is 0 Å². The van der Waals surface area contributed by atoms with Gasteiger partial charge < -0.3 is 14.4 Å². The lowest BCUT2D eigenvalue weighted by atomic mass is 10.1. The molecule has 3 aromatic rings. The van der Waals surface area contributed by atoms with E-state index in [0.717, 1.165) is 48.0 Å². The Morgan fingerprint density at radius 1 is 1.03 bits per heavy atom. The summed E-state index contributed by atoms with van der Waals surface area (Å²) in [7, 11) is 0. The maximum Gasteiger partial charge on any atom is 0.272 e. The highest BCUT2D eigenvalue weighted by Crippen LogP contribution is 2.32. The van der Waals surface area contributed by atoms with E-state index < -0.39 is 0 Å². The average Bonchev–Trinajstić information content (AvgIpc) is 3.30. The maximum atomic E-state index is 13.2. The molecular formula is C22H24N4O3. The molecule has 1 amide bonds. The largest absolute Gasteiger partial charge is 0.454 e. The number of piperazine rings is 1. The summed E-state index contributed by atoms with van der Waals surface area (Å²) in [6.07, 6.45) is 1.94. The summed E-state index contributed by atoms with van der Waals surface area (Å²) >= 11 is 0. The van der Waals surface area contributed by atoms with Crippen LogP contribution in [0, 0.1) is 13.8 Å². The molecule has 7 heteroatoms. The lowest BCUT2D eigenvalue weighted by Crippen LogP contribution is -2.48. The van der Waals surface area contributed by atoms with E-state index in [-0.39, 0.29) is 5.91 Å². The molecule has 0 bridgehead atoms. The van der Waals surface area contributed by atoms with Crippen molar-refractivity contribution < 1.29 is 14.3 Å². The van der Waals surface area contributed by atoms with Crippen LogP contribution in [0.15, 0.2) is 36.5 Å². The molecule has 0 unspecified atom stereocenters. The Bertz CT molecular complexity index is 1080. The van der Waals surface area contributed by atoms with Crippen molar-refractivity contribution in [3.05, 3.63) is 59.0 Å². The highest BCUT2D eigenvalue weighted by Gasteiger charge is 2.26. The van der Waals surface area contributed by atoms with Crippen LogP contribution in [-0.2, 0) is 6.54 Å². The van der Waals surface area contributed by atoms with Gasteiger partial charge in [-0.3, -0.25) is 14.1 Å². The Labute approximate surface area is 169 Å². The van der Waals surface area contributed by atoms with Gasteiger partial charge in [0.2, 0.25) is 6.79 Å². The molecule has 1 aromatic carbocycles. The van der Waals surface area contributed by atoms with E-state index in [0.29, 0.717) is 25.6 Å². The van der Waals surface area contributed by atoms with Crippen LogP contribution in [0.4, 0.5) is 0 Å². The minimum absolute atomic E-state index is 0.0570. The van der Waals surface area contributed by atoms with E-state index in [2.05, 4.69) is 16.0 Å². The summed E-state index contributed by atoms with van der Waals surface area (Å²) in [6.45, 7) is 8.18. The fraction of sp³-hybridized carbons (Fsp3) is 0.364. The molecule has 0 atom stereocenters. The number of nitrogens with zero attached hydrogens (tertiary/aromatic N) is 4. The monoisotopic (exact) mass is 392 g/mol. The zero-order chi connectivity index (χ0) is 20.0. The SMILES string of the molecule is Cc1ccn2c(C(=O)N3CCN(Cc4ccc5c(c4)OCO5)CC3)c(C)nc2c1. The van der Waals surface area contributed by atoms with Gasteiger partial charge in [0.15, 0.2) is 11.5 Å². The van der Waals surface area contributed by atoms with Gasteiger partial charge in [-0.1, -0.05) is 6.07 Å². The quantitative estimate of drug-likeness (QED) is 0.686. The van der Waals surface area contributed by atoms with Crippen molar-refractivity contribution in [2.45, 2.75) is 20.4 Å². The van der Waals surface area contributed by atoms with Crippen LogP contribution >= 0.6 is 0 Å². The number of imidazole rings is 1. The highest BCUT2D eigenvalue weighted by molar-refractivity contribution is 5.94. The number of pyridine rings is 1. The third-order valence-electron chi connectivity index (χ3n) is 5.66. The van der Waals surface area contributed by atoms with Gasteiger partial charge in [-0.25, -0.2) is 4.98 Å². The second-order valence-corrected chi connectivity index (χ2v) is 7.73. The van der Waals surface area contributed by atoms with E-state index in [1.807, 2.05) is 53.6 Å². The third kappa shape index (κ3) is 3.31. The van der Waals surface area contributed by atoms with E-state index >= 15 is 0 Å². The molecule has 5 rings (SSSR count). The van der Waals surface area contributed by atoms with Crippen LogP contribution in [0.3, 0.4) is 0 Å². The number of carbonyl (C=O) groups is 1. The summed E-state index contributed by atoms with van der Waals surface area (Å²) in [6, 6.07) is 10.1. The molecule has 0 saturated carbocycles. The summed E-state index contributed by atoms with van der Waals surface area (Å²) in [5.41, 5.74) is 4.61. The molecule has 2 aliphatic rings. The number of fused-ring (bicyclic) bond motifs is 2. The number of benzene rings is 1. The van der Waals surface area contributed by atoms with Crippen molar-refractivity contribution in [1.82, 2.24) is 19.2 Å². The van der Waals surface area contributed by atoms with Crippen LogP contribution in [-0.4, -0.2) is 58.1 Å². The Balaban J connectivity index is 1.26. The number of hydrogen-bond acceptors (Lipinski definition) is 5. The normalized spacial score (nSPS) is 16.6. The number of rotatable bonds is 3. The molecule has 0 aliphatic carbocycles. The molecule has 2 aromatic heterocycles. The number of carbonyl (C=O) groups excluding carboxylic acids is 1. The number of aromatic nitrogens is 2. The second-order valence-electron chi connectivity index (χ2n) is 7.73. The highest BCUT2D eigenvalue weighted by atomic mass is 16.7. The first-order valence-corrected chi connectivity index (χ1v) is 9.94. The first-order chi connectivity index (χ1) is 14.1. The maximum absolute atomic E-state index is 13.2. The van der Waals surface area contributed by atoms with E-state index in [1.54, 1.807) is 0 Å². The first-order valence-electron chi connectivity index (χ1n) is 9.94. The molecule has 150 valence electrons. The van der Waals surface area contributed by atoms with Crippen molar-refractivity contribution in [3.8, 4) is 11.5 Å². The summed E-state index contributed by atoms with van der Waals surface area (Å²) in [4.78, 5) is 22.1. The van der Waals surface area contributed by atoms with E-state index in [1.165, 1.54) is 5.56 Å². The van der Waals surface area contributed by atoms with Gasteiger partial charge in [-0.15, -0.1) is 0 Å². The minimum Gasteiger partial charge on any atom is -0.454 e. The summed E-state index contributed by atoms with van der Waals surface area (Å²) < 4.78 is 12.8. The van der Waals surface area contributed by atoms with Gasteiger partial charge >= 0.3 is 0 Å². The number of amides is 1. The second kappa shape index (κ2) is 7.08. The van der Waals surface area contributed by atoms with Crippen molar-refractivity contribution >= 4 is 11.6 Å². The van der Waals surface area contributed by atoms with Gasteiger partial charge in [-0.05, 0) is 49.2 Å². The molecule has 0 spiro atoms. The number of ether oxygens (including phenoxy) is 2. The lowest BCUT2D eigenvalue weighted by Gasteiger charge is -2.34. The molecule has 0 radical (unpaired) electrons. The number of hydrogen-bond donors (Lipinski definition) is 0. The van der Waals surface area contributed by atoms with Gasteiger partial charge in [0.1, 0.15) is 11.3 Å². The smallest absolute Gasteiger partial charge is 0.272 e. The predicted octanol–water partition coefficient (Wildman–Crippen LogP) is 2.64. The van der Waals surface area contributed by atoms with Crippen molar-refractivity contribution in [1.29, 1.82) is 0 Å². The Morgan fingerprint density at radius 3 is 2.66 bits per heavy atom. The molecule has 7 nitrogen and oxygen atoms in total. The standard InChI is InChI=1S/C22H24N4O3/c1-15-5-6-26-20(11-15)23-16(2)21(26)22(27)25-9-7-24(8-10-25)13-17-3-4-18-19(12-17)29-14-28-18/h3-6,11-12H,7-10,13-14H2,1-2H3. The molecule has 0 N–H and O–H groups in total. The van der Waals surface area contributed by atoms with Crippen LogP contribution in [0.1, 0.15) is 27.3 Å². The Kier molecular flexibility index (Phi) is 4.39. The summed E-state index contributed by atoms with van der Waals surface area (Å²) in [5, 5.41) is 0. The molecule has 1 saturated heterocycles. The zero-order valence-corrected chi connectivity index (χ0v) is 16.7. The van der Waals surface area contributed by atoms with Gasteiger partial charge in [0.05, 0.1) is 5.69 Å². The average molecular weight is 392 g/mol. The Morgan fingerprint density at radius 2 is 1.83 bits per heavy atom. The molecule has 29 heavy (non-hydrogen) atoms. The molecule has 2 aliphatic heterocycles. The van der Waals surface area contributed by atoms with E-state index in [9.17, 15) is 4.79 Å². The Hall–Kier alpha value is -3.06. The topological polar surface area (TPSA) is 59.3 Å². The van der Waals surface area contributed by atoms with Crippen LogP contribution in [0.5, 0.6) is 11.5 Å². The van der Waals surface area contributed by atoms with E-state index in [4.69, 9.17) is 9.47 Å². The number of aryl methyl sites for hydroxylation is 2. The molecular weight excluding hydrogens is 368 g/mol. The first kappa shape index (κ1) is 18.0. The fourth-order valence-corrected chi connectivity index (χ4v) is 4.08. The van der Waals surface area contributed by atoms with Crippen LogP contribution in [0.25, 0.3) is 5.65 Å². The predicted molar refractivity (Wildman–Crippen MR) is 108 cm³/mol. The van der Waals surface area contributed by atoms with Gasteiger partial charge in [0.25, 0.3) is 5.91 Å². The minimum atomic E-state index is 0.0570. The molecule has 4 heterocycles. The summed E-state index contributed by atoms with van der Waals surface area (Å²) in [5.74, 6) is 1.68. The molecule has 1 fully saturated rings. The fourth-order valence-electron chi connectivity index (χ4n) is 4.08. The van der Waals surface area contributed by atoms with Crippen LogP contribution < -0.4 is 9.47 Å².